The summed E-state index contributed by atoms with van der Waals surface area (Å²) in [7, 11) is 0. The lowest BCUT2D eigenvalue weighted by Gasteiger charge is -2.23. The summed E-state index contributed by atoms with van der Waals surface area (Å²) in [6.45, 7) is 2.95. The molecule has 2 aliphatic heterocycles. The van der Waals surface area contributed by atoms with Crippen molar-refractivity contribution in [3.8, 4) is 22.8 Å². The third kappa shape index (κ3) is 10.1. The molecule has 4 aromatic carbocycles. The molecule has 53 heavy (non-hydrogen) atoms. The highest BCUT2D eigenvalue weighted by molar-refractivity contribution is 9.09. The number of H-pyrrole nitrogens is 1. The average Bonchev–Trinajstić information content (AvgIpc) is 3.81. The van der Waals surface area contributed by atoms with Crippen LogP contribution in [0.2, 0.25) is 0 Å². The van der Waals surface area contributed by atoms with Crippen LogP contribution >= 0.6 is 15.9 Å². The normalized spacial score (nSPS) is 14.6. The summed E-state index contributed by atoms with van der Waals surface area (Å²) < 4.78 is 85.7. The fraction of sp³-hybridized carbons (Fsp3) is 0.278. The lowest BCUT2D eigenvalue weighted by Crippen LogP contribution is -2.32. The molecule has 0 radical (unpaired) electrons. The van der Waals surface area contributed by atoms with E-state index in [4.69, 9.17) is 9.47 Å². The Balaban J connectivity index is 0.000000162. The first-order chi connectivity index (χ1) is 25.4. The van der Waals surface area contributed by atoms with Gasteiger partial charge in [0.1, 0.15) is 6.04 Å². The molecular formula is C36H31BrF6N8O2. The van der Waals surface area contributed by atoms with Crippen molar-refractivity contribution in [1.82, 2.24) is 40.8 Å². The van der Waals surface area contributed by atoms with Crippen molar-refractivity contribution in [2.24, 2.45) is 0 Å². The highest BCUT2D eigenvalue weighted by Crippen LogP contribution is 2.31. The maximum absolute atomic E-state index is 12.7. The van der Waals surface area contributed by atoms with E-state index < -0.39 is 23.5 Å². The zero-order chi connectivity index (χ0) is 37.4. The van der Waals surface area contributed by atoms with Crippen molar-refractivity contribution in [3.63, 3.8) is 0 Å². The Morgan fingerprint density at radius 3 is 1.51 bits per heavy atom. The molecule has 0 aliphatic carbocycles. The summed E-state index contributed by atoms with van der Waals surface area (Å²) >= 11 is 3.34. The third-order valence-electron chi connectivity index (χ3n) is 8.19. The number of tetrazole rings is 2. The van der Waals surface area contributed by atoms with Gasteiger partial charge in [0.15, 0.2) is 0 Å². The quantitative estimate of drug-likeness (QED) is 0.129. The van der Waals surface area contributed by atoms with Crippen LogP contribution in [0.5, 0.6) is 0 Å². The standard InChI is InChI=1S/C18H15F3N4O.C15H11F3N4.C3H5BrO/c19-18(20,21)14-7-5-12(6-8-14)9-13-3-1-2-4-16(13)17-22-24-25(23-17)15-10-26-11-15;16-15(17,18)12-7-5-10(6-8-12)9-11-3-1-2-4-13(11)14-19-21-22-20-14;4-3-1-5-2-3/h1-8,15H,9-11H2;1-8H,9H2,(H,19,20,21,22);3H,1-2H2. The molecule has 276 valence electrons. The summed E-state index contributed by atoms with van der Waals surface area (Å²) in [5, 5.41) is 26.4. The largest absolute Gasteiger partial charge is 0.416 e. The van der Waals surface area contributed by atoms with E-state index in [0.29, 0.717) is 42.5 Å². The van der Waals surface area contributed by atoms with Crippen LogP contribution in [0.4, 0.5) is 26.3 Å². The molecule has 0 atom stereocenters. The van der Waals surface area contributed by atoms with Crippen molar-refractivity contribution >= 4 is 15.9 Å². The molecule has 2 aromatic heterocycles. The topological polar surface area (TPSA) is 117 Å². The monoisotopic (exact) mass is 800 g/mol. The minimum atomic E-state index is -4.33. The fourth-order valence-corrected chi connectivity index (χ4v) is 5.55. The molecule has 10 nitrogen and oxygen atoms in total. The predicted octanol–water partition coefficient (Wildman–Crippen LogP) is 7.78. The molecule has 0 amide bonds. The number of alkyl halides is 7. The van der Waals surface area contributed by atoms with Crippen LogP contribution in [-0.2, 0) is 34.7 Å². The Morgan fingerprint density at radius 1 is 0.642 bits per heavy atom. The van der Waals surface area contributed by atoms with Gasteiger partial charge in [-0.2, -0.15) is 36.4 Å². The van der Waals surface area contributed by atoms with Crippen molar-refractivity contribution in [2.45, 2.75) is 36.1 Å². The Morgan fingerprint density at radius 2 is 1.11 bits per heavy atom. The van der Waals surface area contributed by atoms with Gasteiger partial charge in [-0.1, -0.05) is 88.7 Å². The SMILES string of the molecule is BrC1COC1.FC(F)(F)c1ccc(Cc2ccccc2-c2nn[nH]n2)cc1.FC(F)(F)c1ccc(Cc2ccccc2-c2nnn(C3COC3)n2)cc1. The first-order valence-electron chi connectivity index (χ1n) is 16.3. The van der Waals surface area contributed by atoms with Gasteiger partial charge in [-0.15, -0.1) is 20.4 Å². The highest BCUT2D eigenvalue weighted by Gasteiger charge is 2.31. The molecule has 2 saturated heterocycles. The van der Waals surface area contributed by atoms with Gasteiger partial charge in [-0.3, -0.25) is 0 Å². The first kappa shape index (κ1) is 37.7. The first-order valence-corrected chi connectivity index (χ1v) is 17.2. The van der Waals surface area contributed by atoms with Gasteiger partial charge in [-0.25, -0.2) is 0 Å². The third-order valence-corrected chi connectivity index (χ3v) is 8.71. The van der Waals surface area contributed by atoms with Crippen molar-refractivity contribution in [3.05, 3.63) is 130 Å². The Kier molecular flexibility index (Phi) is 11.9. The fourth-order valence-electron chi connectivity index (χ4n) is 5.18. The minimum absolute atomic E-state index is 0.110. The lowest BCUT2D eigenvalue weighted by molar-refractivity contribution is -0.138. The number of hydrogen-bond acceptors (Lipinski definition) is 8. The molecule has 0 saturated carbocycles. The van der Waals surface area contributed by atoms with Crippen LogP contribution in [0.15, 0.2) is 97.1 Å². The Labute approximate surface area is 307 Å². The van der Waals surface area contributed by atoms with Crippen molar-refractivity contribution in [1.29, 1.82) is 0 Å². The smallest absolute Gasteiger partial charge is 0.379 e. The zero-order valence-corrected chi connectivity index (χ0v) is 29.3. The summed E-state index contributed by atoms with van der Waals surface area (Å²) in [6, 6.07) is 25.5. The number of nitrogens with zero attached hydrogens (tertiary/aromatic N) is 7. The number of nitrogens with one attached hydrogen (secondary N) is 1. The van der Waals surface area contributed by atoms with Gasteiger partial charge in [0.25, 0.3) is 0 Å². The van der Waals surface area contributed by atoms with E-state index in [-0.39, 0.29) is 6.04 Å². The second kappa shape index (κ2) is 16.8. The van der Waals surface area contributed by atoms with Gasteiger partial charge in [0, 0.05) is 11.1 Å². The van der Waals surface area contributed by atoms with Crippen LogP contribution < -0.4 is 0 Å². The molecule has 0 bridgehead atoms. The average molecular weight is 802 g/mol. The van der Waals surface area contributed by atoms with Crippen LogP contribution in [0, 0.1) is 0 Å². The summed E-state index contributed by atoms with van der Waals surface area (Å²) in [5.41, 5.74) is 3.73. The Hall–Kier alpha value is -5.00. The van der Waals surface area contributed by atoms with Crippen LogP contribution in [-0.4, -0.2) is 72.1 Å². The zero-order valence-electron chi connectivity index (χ0n) is 27.7. The van der Waals surface area contributed by atoms with E-state index >= 15 is 0 Å². The maximum atomic E-state index is 12.7. The predicted molar refractivity (Wildman–Crippen MR) is 185 cm³/mol. The second-order valence-electron chi connectivity index (χ2n) is 12.1. The van der Waals surface area contributed by atoms with Gasteiger partial charge in [0.05, 0.1) is 42.4 Å². The highest BCUT2D eigenvalue weighted by atomic mass is 79.9. The minimum Gasteiger partial charge on any atom is -0.379 e. The van der Waals surface area contributed by atoms with E-state index in [1.807, 2.05) is 48.5 Å². The number of aromatic amines is 1. The van der Waals surface area contributed by atoms with E-state index in [1.54, 1.807) is 4.80 Å². The number of benzene rings is 4. The molecule has 8 rings (SSSR count). The van der Waals surface area contributed by atoms with Gasteiger partial charge < -0.3 is 9.47 Å². The molecule has 6 aromatic rings. The molecule has 17 heteroatoms. The van der Waals surface area contributed by atoms with Crippen molar-refractivity contribution in [2.75, 3.05) is 26.4 Å². The number of aromatic nitrogens is 8. The number of hydrogen-bond donors (Lipinski definition) is 1. The van der Waals surface area contributed by atoms with Crippen molar-refractivity contribution < 1.29 is 35.8 Å². The van der Waals surface area contributed by atoms with E-state index in [9.17, 15) is 26.3 Å². The molecule has 4 heterocycles. The second-order valence-corrected chi connectivity index (χ2v) is 13.3. The van der Waals surface area contributed by atoms with Crippen LogP contribution in [0.1, 0.15) is 39.4 Å². The van der Waals surface area contributed by atoms with Gasteiger partial charge in [0.2, 0.25) is 11.6 Å². The van der Waals surface area contributed by atoms with E-state index in [0.717, 1.165) is 70.9 Å². The number of ether oxygens (including phenoxy) is 2. The lowest BCUT2D eigenvalue weighted by atomic mass is 9.98. The van der Waals surface area contributed by atoms with Crippen LogP contribution in [0.25, 0.3) is 22.8 Å². The molecular weight excluding hydrogens is 770 g/mol. The Bertz CT molecular complexity index is 2050. The number of rotatable bonds is 7. The molecule has 2 aliphatic rings. The molecule has 1 N–H and O–H groups in total. The van der Waals surface area contributed by atoms with Crippen LogP contribution in [0.3, 0.4) is 0 Å². The van der Waals surface area contributed by atoms with Gasteiger partial charge >= 0.3 is 12.4 Å². The maximum Gasteiger partial charge on any atom is 0.416 e. The molecule has 0 spiro atoms. The molecule has 0 unspecified atom stereocenters. The van der Waals surface area contributed by atoms with E-state index in [1.165, 1.54) is 24.3 Å². The molecule has 2 fully saturated rings. The van der Waals surface area contributed by atoms with E-state index in [2.05, 4.69) is 52.0 Å². The summed E-state index contributed by atoms with van der Waals surface area (Å²) in [4.78, 5) is 2.20. The number of halogens is 7. The van der Waals surface area contributed by atoms with Gasteiger partial charge in [-0.05, 0) is 69.8 Å². The summed E-state index contributed by atoms with van der Waals surface area (Å²) in [5.74, 6) is 0.960. The summed E-state index contributed by atoms with van der Waals surface area (Å²) in [6.07, 6.45) is -7.68.